The highest BCUT2D eigenvalue weighted by atomic mass is 16.4. The Labute approximate surface area is 98.0 Å². The number of hydrogen-bond donors (Lipinski definition) is 2. The van der Waals surface area contributed by atoms with Crippen LogP contribution >= 0.6 is 0 Å². The van der Waals surface area contributed by atoms with Crippen molar-refractivity contribution in [2.75, 3.05) is 27.2 Å². The third kappa shape index (κ3) is 4.39. The minimum absolute atomic E-state index is 0.677. The third-order valence-electron chi connectivity index (χ3n) is 3.66. The van der Waals surface area contributed by atoms with Crippen LogP contribution in [-0.4, -0.2) is 43.3 Å². The lowest BCUT2D eigenvalue weighted by atomic mass is 9.80. The quantitative estimate of drug-likeness (QED) is 0.757. The molecule has 1 rings (SSSR count). The number of carbonyl (C=O) groups is 1. The van der Waals surface area contributed by atoms with E-state index in [4.69, 9.17) is 5.11 Å². The molecule has 1 aliphatic rings. The minimum atomic E-state index is -0.816. The van der Waals surface area contributed by atoms with E-state index in [9.17, 15) is 4.79 Å². The lowest BCUT2D eigenvalue weighted by molar-refractivity contribution is 0.149. The fourth-order valence-electron chi connectivity index (χ4n) is 2.48. The van der Waals surface area contributed by atoms with Gasteiger partial charge < -0.3 is 15.3 Å². The molecule has 0 heterocycles. The van der Waals surface area contributed by atoms with Crippen molar-refractivity contribution in [3.05, 3.63) is 0 Å². The van der Waals surface area contributed by atoms with Crippen molar-refractivity contribution in [2.45, 2.75) is 32.1 Å². The highest BCUT2D eigenvalue weighted by Gasteiger charge is 2.21. The lowest BCUT2D eigenvalue weighted by Crippen LogP contribution is -2.29. The number of carboxylic acid groups (broad SMARTS) is 1. The summed E-state index contributed by atoms with van der Waals surface area (Å²) in [5.74, 6) is 1.56. The fraction of sp³-hybridized carbons (Fsp3) is 0.917. The molecule has 16 heavy (non-hydrogen) atoms. The first kappa shape index (κ1) is 13.3. The Morgan fingerprint density at radius 3 is 2.38 bits per heavy atom. The van der Waals surface area contributed by atoms with Crippen molar-refractivity contribution in [1.82, 2.24) is 10.2 Å². The minimum Gasteiger partial charge on any atom is -0.465 e. The molecule has 1 amide bonds. The van der Waals surface area contributed by atoms with Crippen LogP contribution in [-0.2, 0) is 0 Å². The Hall–Kier alpha value is -0.770. The van der Waals surface area contributed by atoms with Crippen LogP contribution in [0.25, 0.3) is 0 Å². The smallest absolute Gasteiger partial charge is 0.407 e. The monoisotopic (exact) mass is 228 g/mol. The molecule has 1 aliphatic carbocycles. The average Bonchev–Trinajstić information content (AvgIpc) is 2.28. The van der Waals surface area contributed by atoms with Crippen LogP contribution in [0.1, 0.15) is 32.1 Å². The molecule has 0 radical (unpaired) electrons. The zero-order valence-corrected chi connectivity index (χ0v) is 10.4. The van der Waals surface area contributed by atoms with Gasteiger partial charge in [0.15, 0.2) is 0 Å². The molecule has 0 bridgehead atoms. The SMILES string of the molecule is CNCC1CCC(CCN(C)C(=O)O)CC1. The maximum atomic E-state index is 10.6. The fourth-order valence-corrected chi connectivity index (χ4v) is 2.48. The molecule has 0 aromatic heterocycles. The Bertz CT molecular complexity index is 213. The van der Waals surface area contributed by atoms with Crippen molar-refractivity contribution in [2.24, 2.45) is 11.8 Å². The Kier molecular flexibility index (Phi) is 5.60. The second kappa shape index (κ2) is 6.74. The van der Waals surface area contributed by atoms with Gasteiger partial charge in [-0.25, -0.2) is 4.79 Å². The molecule has 1 fully saturated rings. The van der Waals surface area contributed by atoms with Crippen LogP contribution in [0.4, 0.5) is 4.79 Å². The van der Waals surface area contributed by atoms with Crippen molar-refractivity contribution in [1.29, 1.82) is 0 Å². The summed E-state index contributed by atoms with van der Waals surface area (Å²) in [4.78, 5) is 12.0. The van der Waals surface area contributed by atoms with E-state index in [-0.39, 0.29) is 0 Å². The molecule has 4 nitrogen and oxygen atoms in total. The first-order valence-corrected chi connectivity index (χ1v) is 6.22. The van der Waals surface area contributed by atoms with Crippen LogP contribution in [0.3, 0.4) is 0 Å². The van der Waals surface area contributed by atoms with Gasteiger partial charge in [0.2, 0.25) is 0 Å². The van der Waals surface area contributed by atoms with Crippen LogP contribution in [0.5, 0.6) is 0 Å². The topological polar surface area (TPSA) is 52.6 Å². The molecule has 0 atom stereocenters. The number of nitrogens with zero attached hydrogens (tertiary/aromatic N) is 1. The normalized spacial score (nSPS) is 25.4. The predicted octanol–water partition coefficient (Wildman–Crippen LogP) is 2.01. The van der Waals surface area contributed by atoms with Crippen LogP contribution in [0.2, 0.25) is 0 Å². The van der Waals surface area contributed by atoms with E-state index in [2.05, 4.69) is 5.32 Å². The van der Waals surface area contributed by atoms with Crippen LogP contribution < -0.4 is 5.32 Å². The zero-order valence-electron chi connectivity index (χ0n) is 10.4. The van der Waals surface area contributed by atoms with E-state index in [1.807, 2.05) is 7.05 Å². The van der Waals surface area contributed by atoms with Gasteiger partial charge in [-0.05, 0) is 44.7 Å². The molecule has 1 saturated carbocycles. The van der Waals surface area contributed by atoms with Gasteiger partial charge in [-0.3, -0.25) is 0 Å². The van der Waals surface area contributed by atoms with Crippen molar-refractivity contribution in [3.8, 4) is 0 Å². The number of amides is 1. The van der Waals surface area contributed by atoms with Crippen LogP contribution in [0, 0.1) is 11.8 Å². The molecular formula is C12H24N2O2. The molecule has 0 saturated heterocycles. The van der Waals surface area contributed by atoms with Gasteiger partial charge in [0, 0.05) is 13.6 Å². The summed E-state index contributed by atoms with van der Waals surface area (Å²) in [6.07, 6.45) is 5.32. The van der Waals surface area contributed by atoms with Gasteiger partial charge in [-0.15, -0.1) is 0 Å². The molecule has 2 N–H and O–H groups in total. The first-order valence-electron chi connectivity index (χ1n) is 6.22. The summed E-state index contributed by atoms with van der Waals surface area (Å²) in [5.41, 5.74) is 0. The number of nitrogens with one attached hydrogen (secondary N) is 1. The maximum Gasteiger partial charge on any atom is 0.407 e. The summed E-state index contributed by atoms with van der Waals surface area (Å²) in [5, 5.41) is 12.0. The lowest BCUT2D eigenvalue weighted by Gasteiger charge is -2.29. The van der Waals surface area contributed by atoms with E-state index in [1.165, 1.54) is 30.6 Å². The molecule has 0 aromatic carbocycles. The maximum absolute atomic E-state index is 10.6. The van der Waals surface area contributed by atoms with Gasteiger partial charge in [-0.1, -0.05) is 12.8 Å². The molecule has 94 valence electrons. The highest BCUT2D eigenvalue weighted by molar-refractivity contribution is 5.64. The van der Waals surface area contributed by atoms with E-state index in [1.54, 1.807) is 7.05 Å². The average molecular weight is 228 g/mol. The second-order valence-electron chi connectivity index (χ2n) is 4.94. The number of rotatable bonds is 5. The summed E-state index contributed by atoms with van der Waals surface area (Å²) in [6, 6.07) is 0. The van der Waals surface area contributed by atoms with Gasteiger partial charge in [0.25, 0.3) is 0 Å². The predicted molar refractivity (Wildman–Crippen MR) is 64.6 cm³/mol. The van der Waals surface area contributed by atoms with Gasteiger partial charge in [0.1, 0.15) is 0 Å². The molecule has 0 aliphatic heterocycles. The summed E-state index contributed by atoms with van der Waals surface area (Å²) in [6.45, 7) is 1.80. The summed E-state index contributed by atoms with van der Waals surface area (Å²) in [7, 11) is 3.66. The Morgan fingerprint density at radius 2 is 1.88 bits per heavy atom. The largest absolute Gasteiger partial charge is 0.465 e. The summed E-state index contributed by atoms with van der Waals surface area (Å²) >= 11 is 0. The van der Waals surface area contributed by atoms with Gasteiger partial charge in [-0.2, -0.15) is 0 Å². The molecule has 4 heteroatoms. The molecule has 0 spiro atoms. The molecule has 0 aromatic rings. The molecular weight excluding hydrogens is 204 g/mol. The standard InChI is InChI=1S/C12H24N2O2/c1-13-9-11-5-3-10(4-6-11)7-8-14(2)12(15)16/h10-11,13H,3-9H2,1-2H3,(H,15,16). The van der Waals surface area contributed by atoms with E-state index in [0.717, 1.165) is 24.8 Å². The summed E-state index contributed by atoms with van der Waals surface area (Å²) < 4.78 is 0. The molecule has 0 unspecified atom stereocenters. The van der Waals surface area contributed by atoms with E-state index in [0.29, 0.717) is 6.54 Å². The third-order valence-corrected chi connectivity index (χ3v) is 3.66. The van der Waals surface area contributed by atoms with E-state index >= 15 is 0 Å². The van der Waals surface area contributed by atoms with Crippen molar-refractivity contribution < 1.29 is 9.90 Å². The first-order chi connectivity index (χ1) is 7.63. The van der Waals surface area contributed by atoms with Gasteiger partial charge in [0.05, 0.1) is 0 Å². The number of hydrogen-bond acceptors (Lipinski definition) is 2. The second-order valence-corrected chi connectivity index (χ2v) is 4.94. The highest BCUT2D eigenvalue weighted by Crippen LogP contribution is 2.30. The van der Waals surface area contributed by atoms with Crippen molar-refractivity contribution >= 4 is 6.09 Å². The zero-order chi connectivity index (χ0) is 12.0. The Balaban J connectivity index is 2.14. The van der Waals surface area contributed by atoms with Crippen molar-refractivity contribution in [3.63, 3.8) is 0 Å². The van der Waals surface area contributed by atoms with Crippen LogP contribution in [0.15, 0.2) is 0 Å². The van der Waals surface area contributed by atoms with E-state index < -0.39 is 6.09 Å². The van der Waals surface area contributed by atoms with Gasteiger partial charge >= 0.3 is 6.09 Å². The Morgan fingerprint density at radius 1 is 1.31 bits per heavy atom.